The number of hydrogen-bond donors (Lipinski definition) is 1. The first-order valence-electron chi connectivity index (χ1n) is 7.96. The van der Waals surface area contributed by atoms with Gasteiger partial charge in [-0.3, -0.25) is 0 Å². The Kier molecular flexibility index (Phi) is 7.58. The predicted octanol–water partition coefficient (Wildman–Crippen LogP) is 1.85. The number of hydrogen-bond acceptors (Lipinski definition) is 6. The molecule has 0 saturated heterocycles. The first-order valence-corrected chi connectivity index (χ1v) is 9.45. The van der Waals surface area contributed by atoms with Crippen molar-refractivity contribution in [2.45, 2.75) is 4.90 Å². The van der Waals surface area contributed by atoms with Gasteiger partial charge >= 0.3 is 5.97 Å². The minimum Gasteiger partial charge on any atom is -0.490 e. The molecule has 0 fully saturated rings. The number of para-hydroxylation sites is 1. The maximum Gasteiger partial charge on any atom is 0.338 e. The standard InChI is InChI=1S/C18H21NO6S/c1-23-12-11-19-26(21,22)17-9-7-15(8-10-17)18(20)25-14-13-24-16-5-3-2-4-6-16/h2-10,19H,11-14H2,1H3. The largest absolute Gasteiger partial charge is 0.490 e. The SMILES string of the molecule is COCCNS(=O)(=O)c1ccc(C(=O)OCCOc2ccccc2)cc1. The molecule has 0 bridgehead atoms. The lowest BCUT2D eigenvalue weighted by Crippen LogP contribution is -2.27. The highest BCUT2D eigenvalue weighted by molar-refractivity contribution is 7.89. The number of rotatable bonds is 10. The third-order valence-electron chi connectivity index (χ3n) is 3.33. The summed E-state index contributed by atoms with van der Waals surface area (Å²) < 4.78 is 41.8. The van der Waals surface area contributed by atoms with E-state index < -0.39 is 16.0 Å². The fourth-order valence-electron chi connectivity index (χ4n) is 2.03. The molecule has 0 aliphatic carbocycles. The highest BCUT2D eigenvalue weighted by Crippen LogP contribution is 2.12. The van der Waals surface area contributed by atoms with E-state index in [1.807, 2.05) is 30.3 Å². The van der Waals surface area contributed by atoms with E-state index in [1.54, 1.807) is 0 Å². The third-order valence-corrected chi connectivity index (χ3v) is 4.80. The second-order valence-electron chi connectivity index (χ2n) is 5.21. The van der Waals surface area contributed by atoms with Crippen LogP contribution in [0.5, 0.6) is 5.75 Å². The number of sulfonamides is 1. The number of methoxy groups -OCH3 is 1. The Morgan fingerprint density at radius 2 is 1.65 bits per heavy atom. The van der Waals surface area contributed by atoms with Gasteiger partial charge in [-0.25, -0.2) is 17.9 Å². The molecule has 0 aliphatic heterocycles. The van der Waals surface area contributed by atoms with Gasteiger partial charge in [0.1, 0.15) is 19.0 Å². The molecule has 2 aromatic carbocycles. The molecule has 0 aliphatic rings. The van der Waals surface area contributed by atoms with Gasteiger partial charge in [0, 0.05) is 13.7 Å². The van der Waals surface area contributed by atoms with Crippen molar-refractivity contribution < 1.29 is 27.4 Å². The van der Waals surface area contributed by atoms with E-state index in [0.717, 1.165) is 0 Å². The summed E-state index contributed by atoms with van der Waals surface area (Å²) in [7, 11) is -2.14. The lowest BCUT2D eigenvalue weighted by atomic mass is 10.2. The Hall–Kier alpha value is -2.42. The highest BCUT2D eigenvalue weighted by atomic mass is 32.2. The zero-order valence-electron chi connectivity index (χ0n) is 14.4. The van der Waals surface area contributed by atoms with Crippen LogP contribution in [0.4, 0.5) is 0 Å². The molecular weight excluding hydrogens is 358 g/mol. The molecule has 0 atom stereocenters. The van der Waals surface area contributed by atoms with Crippen molar-refractivity contribution in [1.82, 2.24) is 4.72 Å². The van der Waals surface area contributed by atoms with E-state index in [0.29, 0.717) is 5.75 Å². The van der Waals surface area contributed by atoms with Gasteiger partial charge in [-0.05, 0) is 36.4 Å². The molecule has 0 aromatic heterocycles. The highest BCUT2D eigenvalue weighted by Gasteiger charge is 2.15. The molecule has 0 unspecified atom stereocenters. The summed E-state index contributed by atoms with van der Waals surface area (Å²) in [6, 6.07) is 14.7. The first kappa shape index (κ1) is 19.9. The summed E-state index contributed by atoms with van der Waals surface area (Å²) in [5.74, 6) is 0.150. The Labute approximate surface area is 152 Å². The van der Waals surface area contributed by atoms with Gasteiger partial charge in [0.05, 0.1) is 17.1 Å². The Morgan fingerprint density at radius 1 is 0.962 bits per heavy atom. The van der Waals surface area contributed by atoms with Gasteiger partial charge in [-0.2, -0.15) is 0 Å². The molecule has 0 saturated carbocycles. The van der Waals surface area contributed by atoms with Crippen LogP contribution in [0.25, 0.3) is 0 Å². The van der Waals surface area contributed by atoms with Crippen molar-refractivity contribution >= 4 is 16.0 Å². The number of carbonyl (C=O) groups excluding carboxylic acids is 1. The quantitative estimate of drug-likeness (QED) is 0.500. The molecule has 140 valence electrons. The average Bonchev–Trinajstić information content (AvgIpc) is 2.66. The van der Waals surface area contributed by atoms with Gasteiger partial charge < -0.3 is 14.2 Å². The maximum atomic E-state index is 12.0. The first-order chi connectivity index (χ1) is 12.5. The van der Waals surface area contributed by atoms with Crippen LogP contribution in [0.15, 0.2) is 59.5 Å². The smallest absolute Gasteiger partial charge is 0.338 e. The van der Waals surface area contributed by atoms with Crippen LogP contribution in [0.3, 0.4) is 0 Å². The van der Waals surface area contributed by atoms with E-state index >= 15 is 0 Å². The molecule has 2 rings (SSSR count). The van der Waals surface area contributed by atoms with Crippen molar-refractivity contribution in [2.75, 3.05) is 33.5 Å². The van der Waals surface area contributed by atoms with Gasteiger partial charge in [0.2, 0.25) is 10.0 Å². The summed E-state index contributed by atoms with van der Waals surface area (Å²) in [6.45, 7) is 0.761. The Bertz CT molecular complexity index is 790. The molecule has 0 radical (unpaired) electrons. The second-order valence-corrected chi connectivity index (χ2v) is 6.98. The summed E-state index contributed by atoms with van der Waals surface area (Å²) in [4.78, 5) is 12.0. The number of benzene rings is 2. The lowest BCUT2D eigenvalue weighted by Gasteiger charge is -2.08. The summed E-state index contributed by atoms with van der Waals surface area (Å²) in [5, 5.41) is 0. The maximum absolute atomic E-state index is 12.0. The van der Waals surface area contributed by atoms with Gasteiger partial charge in [0.25, 0.3) is 0 Å². The second kappa shape index (κ2) is 9.91. The third kappa shape index (κ3) is 6.14. The number of esters is 1. The van der Waals surface area contributed by atoms with Crippen molar-refractivity contribution in [3.8, 4) is 5.75 Å². The van der Waals surface area contributed by atoms with E-state index in [4.69, 9.17) is 14.2 Å². The number of nitrogens with one attached hydrogen (secondary N) is 1. The zero-order valence-corrected chi connectivity index (χ0v) is 15.2. The van der Waals surface area contributed by atoms with Crippen molar-refractivity contribution in [3.63, 3.8) is 0 Å². The van der Waals surface area contributed by atoms with Crippen molar-refractivity contribution in [3.05, 3.63) is 60.2 Å². The van der Waals surface area contributed by atoms with Gasteiger partial charge in [-0.1, -0.05) is 18.2 Å². The minimum atomic E-state index is -3.63. The average molecular weight is 379 g/mol. The van der Waals surface area contributed by atoms with Crippen LogP contribution in [-0.4, -0.2) is 47.9 Å². The predicted molar refractivity (Wildman–Crippen MR) is 95.7 cm³/mol. The Morgan fingerprint density at radius 3 is 2.31 bits per heavy atom. The molecular formula is C18H21NO6S. The van der Waals surface area contributed by atoms with Crippen LogP contribution in [0.1, 0.15) is 10.4 Å². The van der Waals surface area contributed by atoms with Crippen molar-refractivity contribution in [2.24, 2.45) is 0 Å². The molecule has 0 amide bonds. The van der Waals surface area contributed by atoms with Crippen LogP contribution in [0, 0.1) is 0 Å². The normalized spacial score (nSPS) is 11.1. The Balaban J connectivity index is 1.82. The molecule has 2 aromatic rings. The van der Waals surface area contributed by atoms with E-state index in [9.17, 15) is 13.2 Å². The van der Waals surface area contributed by atoms with Gasteiger partial charge in [-0.15, -0.1) is 0 Å². The summed E-state index contributed by atoms with van der Waals surface area (Å²) in [6.07, 6.45) is 0. The lowest BCUT2D eigenvalue weighted by molar-refractivity contribution is 0.0450. The van der Waals surface area contributed by atoms with Crippen LogP contribution < -0.4 is 9.46 Å². The van der Waals surface area contributed by atoms with Crippen LogP contribution in [-0.2, 0) is 19.5 Å². The fraction of sp³-hybridized carbons (Fsp3) is 0.278. The van der Waals surface area contributed by atoms with Crippen LogP contribution >= 0.6 is 0 Å². The summed E-state index contributed by atoms with van der Waals surface area (Å²) in [5.41, 5.74) is 0.264. The molecule has 26 heavy (non-hydrogen) atoms. The molecule has 8 heteroatoms. The topological polar surface area (TPSA) is 90.9 Å². The minimum absolute atomic E-state index is 0.0672. The molecule has 7 nitrogen and oxygen atoms in total. The zero-order chi connectivity index (χ0) is 18.8. The molecule has 0 heterocycles. The van der Waals surface area contributed by atoms with E-state index in [2.05, 4.69) is 4.72 Å². The van der Waals surface area contributed by atoms with E-state index in [-0.39, 0.29) is 36.8 Å². The summed E-state index contributed by atoms with van der Waals surface area (Å²) >= 11 is 0. The van der Waals surface area contributed by atoms with Crippen molar-refractivity contribution in [1.29, 1.82) is 0 Å². The fourth-order valence-corrected chi connectivity index (χ4v) is 3.04. The van der Waals surface area contributed by atoms with Crippen LogP contribution in [0.2, 0.25) is 0 Å². The number of carbonyl (C=O) groups is 1. The van der Waals surface area contributed by atoms with E-state index in [1.165, 1.54) is 31.4 Å². The molecule has 0 spiro atoms. The molecule has 1 N–H and O–H groups in total. The van der Waals surface area contributed by atoms with Gasteiger partial charge in [0.15, 0.2) is 0 Å². The number of ether oxygens (including phenoxy) is 3. The monoisotopic (exact) mass is 379 g/mol.